The van der Waals surface area contributed by atoms with Gasteiger partial charge in [0, 0.05) is 17.9 Å². The molecule has 2 aromatic carbocycles. The van der Waals surface area contributed by atoms with Gasteiger partial charge in [-0.05, 0) is 35.7 Å². The van der Waals surface area contributed by atoms with Crippen LogP contribution in [0.1, 0.15) is 16.7 Å². The lowest BCUT2D eigenvalue weighted by atomic mass is 10.1. The zero-order chi connectivity index (χ0) is 13.0. The molecule has 0 spiro atoms. The molecule has 0 atom stereocenters. The molecular formula is C15H18N2O. The number of nitrogens with two attached hydrogens (primary N) is 1. The number of hydrogen-bond donors (Lipinski definition) is 3. The third-order valence-corrected chi connectivity index (χ3v) is 3.06. The number of benzene rings is 2. The Morgan fingerprint density at radius 2 is 1.72 bits per heavy atom. The molecule has 0 amide bonds. The van der Waals surface area contributed by atoms with Gasteiger partial charge in [0.15, 0.2) is 0 Å². The zero-order valence-corrected chi connectivity index (χ0v) is 10.5. The molecule has 0 bridgehead atoms. The lowest BCUT2D eigenvalue weighted by Gasteiger charge is -2.11. The second-order valence-electron chi connectivity index (χ2n) is 4.35. The fourth-order valence-corrected chi connectivity index (χ4v) is 1.80. The van der Waals surface area contributed by atoms with Crippen LogP contribution in [0, 0.1) is 6.92 Å². The largest absolute Gasteiger partial charge is 0.398 e. The maximum atomic E-state index is 8.97. The summed E-state index contributed by atoms with van der Waals surface area (Å²) in [6.45, 7) is 2.84. The minimum Gasteiger partial charge on any atom is -0.398 e. The summed E-state index contributed by atoms with van der Waals surface area (Å²) in [5, 5.41) is 12.3. The predicted molar refractivity (Wildman–Crippen MR) is 75.3 cm³/mol. The first-order chi connectivity index (χ1) is 8.70. The van der Waals surface area contributed by atoms with Gasteiger partial charge in [0.05, 0.1) is 6.61 Å². The van der Waals surface area contributed by atoms with Crippen molar-refractivity contribution in [3.8, 4) is 0 Å². The summed E-state index contributed by atoms with van der Waals surface area (Å²) < 4.78 is 0. The van der Waals surface area contributed by atoms with Gasteiger partial charge in [-0.1, -0.05) is 30.3 Å². The molecule has 0 saturated carbocycles. The van der Waals surface area contributed by atoms with Gasteiger partial charge in [0.1, 0.15) is 0 Å². The predicted octanol–water partition coefficient (Wildman–Crippen LogP) is 2.68. The van der Waals surface area contributed by atoms with Crippen molar-refractivity contribution < 1.29 is 5.11 Å². The summed E-state index contributed by atoms with van der Waals surface area (Å²) in [4.78, 5) is 0. The Labute approximate surface area is 107 Å². The Balaban J connectivity index is 2.04. The second kappa shape index (κ2) is 5.56. The topological polar surface area (TPSA) is 58.3 Å². The van der Waals surface area contributed by atoms with E-state index >= 15 is 0 Å². The highest BCUT2D eigenvalue weighted by atomic mass is 16.3. The number of aliphatic hydroxyl groups is 1. The normalized spacial score (nSPS) is 10.3. The summed E-state index contributed by atoms with van der Waals surface area (Å²) in [6, 6.07) is 13.8. The minimum atomic E-state index is 0.0854. The van der Waals surface area contributed by atoms with Crippen molar-refractivity contribution in [2.75, 3.05) is 11.1 Å². The van der Waals surface area contributed by atoms with Gasteiger partial charge in [-0.15, -0.1) is 0 Å². The van der Waals surface area contributed by atoms with Gasteiger partial charge in [0.25, 0.3) is 0 Å². The van der Waals surface area contributed by atoms with E-state index in [9.17, 15) is 0 Å². The van der Waals surface area contributed by atoms with Crippen LogP contribution >= 0.6 is 0 Å². The van der Waals surface area contributed by atoms with Crippen molar-refractivity contribution in [2.45, 2.75) is 20.1 Å². The number of rotatable bonds is 4. The van der Waals surface area contributed by atoms with Crippen LogP contribution in [0.4, 0.5) is 11.4 Å². The highest BCUT2D eigenvalue weighted by molar-refractivity contribution is 5.62. The van der Waals surface area contributed by atoms with E-state index in [-0.39, 0.29) is 6.61 Å². The van der Waals surface area contributed by atoms with Crippen LogP contribution in [0.5, 0.6) is 0 Å². The third kappa shape index (κ3) is 2.81. The number of nitrogens with one attached hydrogen (secondary N) is 1. The van der Waals surface area contributed by atoms with E-state index in [2.05, 4.69) is 5.32 Å². The van der Waals surface area contributed by atoms with E-state index in [0.717, 1.165) is 29.0 Å². The van der Waals surface area contributed by atoms with E-state index in [1.54, 1.807) is 0 Å². The second-order valence-corrected chi connectivity index (χ2v) is 4.35. The maximum absolute atomic E-state index is 8.97. The van der Waals surface area contributed by atoms with E-state index in [4.69, 9.17) is 10.8 Å². The van der Waals surface area contributed by atoms with Gasteiger partial charge in [0.2, 0.25) is 0 Å². The Morgan fingerprint density at radius 1 is 1.06 bits per heavy atom. The molecule has 0 heterocycles. The molecular weight excluding hydrogens is 224 g/mol. The van der Waals surface area contributed by atoms with E-state index < -0.39 is 0 Å². The van der Waals surface area contributed by atoms with Crippen LogP contribution in [0.15, 0.2) is 42.5 Å². The van der Waals surface area contributed by atoms with Crippen LogP contribution in [0.3, 0.4) is 0 Å². The van der Waals surface area contributed by atoms with Gasteiger partial charge in [-0.2, -0.15) is 0 Å². The zero-order valence-electron chi connectivity index (χ0n) is 10.5. The smallest absolute Gasteiger partial charge is 0.0681 e. The first kappa shape index (κ1) is 12.5. The summed E-state index contributed by atoms with van der Waals surface area (Å²) in [7, 11) is 0. The van der Waals surface area contributed by atoms with Crippen LogP contribution in [0.25, 0.3) is 0 Å². The summed E-state index contributed by atoms with van der Waals surface area (Å²) >= 11 is 0. The van der Waals surface area contributed by atoms with Crippen molar-refractivity contribution in [3.05, 3.63) is 59.2 Å². The summed E-state index contributed by atoms with van der Waals surface area (Å²) in [5.41, 5.74) is 10.9. The minimum absolute atomic E-state index is 0.0854. The first-order valence-corrected chi connectivity index (χ1v) is 5.98. The molecule has 3 heteroatoms. The van der Waals surface area contributed by atoms with Crippen LogP contribution < -0.4 is 11.1 Å². The molecule has 0 unspecified atom stereocenters. The fraction of sp³-hybridized carbons (Fsp3) is 0.200. The van der Waals surface area contributed by atoms with Crippen molar-refractivity contribution in [1.29, 1.82) is 0 Å². The molecule has 2 aromatic rings. The Morgan fingerprint density at radius 3 is 2.39 bits per heavy atom. The van der Waals surface area contributed by atoms with E-state index in [1.807, 2.05) is 49.4 Å². The van der Waals surface area contributed by atoms with Crippen LogP contribution in [-0.2, 0) is 13.2 Å². The molecule has 0 aliphatic carbocycles. The van der Waals surface area contributed by atoms with Crippen LogP contribution in [-0.4, -0.2) is 5.11 Å². The van der Waals surface area contributed by atoms with Crippen molar-refractivity contribution >= 4 is 11.4 Å². The van der Waals surface area contributed by atoms with Gasteiger partial charge in [-0.3, -0.25) is 0 Å². The van der Waals surface area contributed by atoms with E-state index in [1.165, 1.54) is 5.56 Å². The molecule has 3 nitrogen and oxygen atoms in total. The maximum Gasteiger partial charge on any atom is 0.0681 e. The molecule has 18 heavy (non-hydrogen) atoms. The number of nitrogen functional groups attached to an aromatic ring is 1. The Bertz CT molecular complexity index is 521. The molecule has 4 N–H and O–H groups in total. The van der Waals surface area contributed by atoms with Gasteiger partial charge < -0.3 is 16.2 Å². The fourth-order valence-electron chi connectivity index (χ4n) is 1.80. The van der Waals surface area contributed by atoms with E-state index in [0.29, 0.717) is 0 Å². The molecule has 0 saturated heterocycles. The number of aliphatic hydroxyl groups excluding tert-OH is 1. The Hall–Kier alpha value is -2.00. The van der Waals surface area contributed by atoms with Crippen molar-refractivity contribution in [3.63, 3.8) is 0 Å². The number of anilines is 2. The summed E-state index contributed by atoms with van der Waals surface area (Å²) in [6.07, 6.45) is 0. The monoisotopic (exact) mass is 242 g/mol. The van der Waals surface area contributed by atoms with Crippen LogP contribution in [0.2, 0.25) is 0 Å². The SMILES string of the molecule is Cc1c(N)cccc1NCc1ccc(CO)cc1. The first-order valence-electron chi connectivity index (χ1n) is 5.98. The average molecular weight is 242 g/mol. The van der Waals surface area contributed by atoms with Gasteiger partial charge >= 0.3 is 0 Å². The lowest BCUT2D eigenvalue weighted by molar-refractivity contribution is 0.282. The lowest BCUT2D eigenvalue weighted by Crippen LogP contribution is -2.02. The third-order valence-electron chi connectivity index (χ3n) is 3.06. The number of hydrogen-bond acceptors (Lipinski definition) is 3. The standard InChI is InChI=1S/C15H18N2O/c1-11-14(16)3-2-4-15(11)17-9-12-5-7-13(10-18)8-6-12/h2-8,17-18H,9-10,16H2,1H3. The molecule has 94 valence electrons. The quantitative estimate of drug-likeness (QED) is 0.722. The molecule has 2 rings (SSSR count). The molecule has 0 radical (unpaired) electrons. The van der Waals surface area contributed by atoms with Gasteiger partial charge in [-0.25, -0.2) is 0 Å². The molecule has 0 fully saturated rings. The van der Waals surface area contributed by atoms with Crippen molar-refractivity contribution in [2.24, 2.45) is 0 Å². The Kier molecular flexibility index (Phi) is 3.85. The van der Waals surface area contributed by atoms with Crippen molar-refractivity contribution in [1.82, 2.24) is 0 Å². The highest BCUT2D eigenvalue weighted by Gasteiger charge is 2.00. The molecule has 0 aliphatic rings. The molecule has 0 aromatic heterocycles. The molecule has 0 aliphatic heterocycles. The summed E-state index contributed by atoms with van der Waals surface area (Å²) in [5.74, 6) is 0. The average Bonchev–Trinajstić information content (AvgIpc) is 2.41. The highest BCUT2D eigenvalue weighted by Crippen LogP contribution is 2.21.